The number of pyridine rings is 1. The van der Waals surface area contributed by atoms with Gasteiger partial charge in [-0.25, -0.2) is 0 Å². The number of nitro groups is 1. The van der Waals surface area contributed by atoms with E-state index in [9.17, 15) is 14.9 Å². The largest absolute Gasteiger partial charge is 0.361 e. The Morgan fingerprint density at radius 1 is 1.16 bits per heavy atom. The fourth-order valence-corrected chi connectivity index (χ4v) is 3.82. The van der Waals surface area contributed by atoms with E-state index in [1.165, 1.54) is 12.1 Å². The smallest absolute Gasteiger partial charge is 0.270 e. The maximum absolute atomic E-state index is 12.8. The number of H-pyrrole nitrogens is 1. The molecule has 0 spiro atoms. The van der Waals surface area contributed by atoms with Gasteiger partial charge in [0.25, 0.3) is 5.69 Å². The Bertz CT molecular complexity index is 1240. The second kappa shape index (κ2) is 8.97. The van der Waals surface area contributed by atoms with E-state index in [2.05, 4.69) is 15.3 Å². The Morgan fingerprint density at radius 2 is 1.97 bits per heavy atom. The highest BCUT2D eigenvalue weighted by atomic mass is 35.5. The van der Waals surface area contributed by atoms with Gasteiger partial charge in [0.05, 0.1) is 4.92 Å². The van der Waals surface area contributed by atoms with Crippen LogP contribution in [0.1, 0.15) is 29.0 Å². The number of rotatable bonds is 7. The first-order chi connectivity index (χ1) is 15.0. The lowest BCUT2D eigenvalue weighted by Crippen LogP contribution is -2.25. The number of benzene rings is 2. The molecule has 0 fully saturated rings. The van der Waals surface area contributed by atoms with Crippen LogP contribution >= 0.6 is 11.6 Å². The summed E-state index contributed by atoms with van der Waals surface area (Å²) in [5.41, 5.74) is 3.38. The number of nitro benzene ring substituents is 1. The molecule has 1 amide bonds. The Balaban J connectivity index is 1.67. The molecule has 2 N–H and O–H groups in total. The van der Waals surface area contributed by atoms with Gasteiger partial charge in [0.2, 0.25) is 5.91 Å². The van der Waals surface area contributed by atoms with Gasteiger partial charge < -0.3 is 10.3 Å². The number of carbonyl (C=O) groups excluding carboxylic acids is 1. The van der Waals surface area contributed by atoms with E-state index < -0.39 is 4.92 Å². The third-order valence-corrected chi connectivity index (χ3v) is 5.40. The monoisotopic (exact) mass is 434 g/mol. The predicted octanol–water partition coefficient (Wildman–Crippen LogP) is 4.96. The number of aromatic nitrogens is 2. The number of halogens is 1. The molecule has 2 aromatic heterocycles. The summed E-state index contributed by atoms with van der Waals surface area (Å²) in [6.07, 6.45) is 5.32. The zero-order valence-corrected chi connectivity index (χ0v) is 17.2. The van der Waals surface area contributed by atoms with Gasteiger partial charge in [-0.05, 0) is 47.0 Å². The molecule has 2 heterocycles. The van der Waals surface area contributed by atoms with Gasteiger partial charge in [-0.3, -0.25) is 19.9 Å². The second-order valence-electron chi connectivity index (χ2n) is 7.17. The summed E-state index contributed by atoms with van der Waals surface area (Å²) in [4.78, 5) is 30.8. The molecule has 0 saturated carbocycles. The lowest BCUT2D eigenvalue weighted by molar-refractivity contribution is -0.384. The molecular weight excluding hydrogens is 416 g/mol. The molecule has 4 rings (SSSR count). The molecule has 0 saturated heterocycles. The standard InChI is InChI=1S/C23H19ClN4O3/c24-17-3-1-2-16(10-17)19(12-23(29)27-13-15-6-8-25-9-7-15)21-14-26-22-5-4-18(28(30)31)11-20(21)22/h1-11,14,19,26H,12-13H2,(H,27,29)/t19-/m0/s1. The van der Waals surface area contributed by atoms with Gasteiger partial charge in [-0.2, -0.15) is 0 Å². The normalized spacial score (nSPS) is 11.9. The lowest BCUT2D eigenvalue weighted by atomic mass is 9.88. The first-order valence-electron chi connectivity index (χ1n) is 9.68. The molecule has 4 aromatic rings. The van der Waals surface area contributed by atoms with Gasteiger partial charge in [0.15, 0.2) is 0 Å². The zero-order chi connectivity index (χ0) is 21.8. The molecule has 0 aliphatic heterocycles. The summed E-state index contributed by atoms with van der Waals surface area (Å²) < 4.78 is 0. The van der Waals surface area contributed by atoms with E-state index >= 15 is 0 Å². The van der Waals surface area contributed by atoms with E-state index in [4.69, 9.17) is 11.6 Å². The number of aromatic amines is 1. The molecule has 0 aliphatic carbocycles. The maximum atomic E-state index is 12.8. The summed E-state index contributed by atoms with van der Waals surface area (Å²) in [6.45, 7) is 0.392. The van der Waals surface area contributed by atoms with Gasteiger partial charge in [-0.1, -0.05) is 23.7 Å². The van der Waals surface area contributed by atoms with Gasteiger partial charge >= 0.3 is 0 Å². The Kier molecular flexibility index (Phi) is 5.95. The summed E-state index contributed by atoms with van der Waals surface area (Å²) in [6, 6.07) is 15.7. The van der Waals surface area contributed by atoms with Crippen molar-refractivity contribution >= 4 is 34.1 Å². The minimum absolute atomic E-state index is 0.000308. The minimum atomic E-state index is -0.425. The van der Waals surface area contributed by atoms with Crippen molar-refractivity contribution in [2.24, 2.45) is 0 Å². The summed E-state index contributed by atoms with van der Waals surface area (Å²) in [7, 11) is 0. The van der Waals surface area contributed by atoms with Crippen LogP contribution in [0.2, 0.25) is 5.02 Å². The quantitative estimate of drug-likeness (QED) is 0.317. The fraction of sp³-hybridized carbons (Fsp3) is 0.130. The van der Waals surface area contributed by atoms with E-state index in [1.807, 2.05) is 30.3 Å². The highest BCUT2D eigenvalue weighted by Gasteiger charge is 2.23. The van der Waals surface area contributed by atoms with Gasteiger partial charge in [-0.15, -0.1) is 0 Å². The van der Waals surface area contributed by atoms with E-state index in [-0.39, 0.29) is 23.9 Å². The minimum Gasteiger partial charge on any atom is -0.361 e. The maximum Gasteiger partial charge on any atom is 0.270 e. The number of hydrogen-bond acceptors (Lipinski definition) is 4. The first kappa shape index (κ1) is 20.6. The van der Waals surface area contributed by atoms with Crippen molar-refractivity contribution < 1.29 is 9.72 Å². The summed E-state index contributed by atoms with van der Waals surface area (Å²) >= 11 is 6.21. The van der Waals surface area contributed by atoms with Crippen molar-refractivity contribution in [1.82, 2.24) is 15.3 Å². The Morgan fingerprint density at radius 3 is 2.71 bits per heavy atom. The average molecular weight is 435 g/mol. The van der Waals surface area contributed by atoms with E-state index in [0.717, 1.165) is 22.2 Å². The molecule has 0 radical (unpaired) electrons. The Labute approximate surface area is 183 Å². The summed E-state index contributed by atoms with van der Waals surface area (Å²) in [5.74, 6) is -0.464. The van der Waals surface area contributed by atoms with Crippen LogP contribution in [0.3, 0.4) is 0 Å². The number of nitrogens with zero attached hydrogens (tertiary/aromatic N) is 2. The SMILES string of the molecule is O=C(C[C@@H](c1cccc(Cl)c1)c1c[nH]c2ccc([N+](=O)[O-])cc12)NCc1ccncc1. The Hall–Kier alpha value is -3.71. The summed E-state index contributed by atoms with van der Waals surface area (Å²) in [5, 5.41) is 15.5. The van der Waals surface area contributed by atoms with E-state index in [1.54, 1.807) is 30.7 Å². The lowest BCUT2D eigenvalue weighted by Gasteiger charge is -2.17. The number of non-ortho nitro benzene ring substituents is 1. The molecule has 156 valence electrons. The first-order valence-corrected chi connectivity index (χ1v) is 10.1. The van der Waals surface area contributed by atoms with Crippen LogP contribution in [-0.4, -0.2) is 20.8 Å². The number of hydrogen-bond donors (Lipinski definition) is 2. The highest BCUT2D eigenvalue weighted by Crippen LogP contribution is 2.35. The van der Waals surface area contributed by atoms with Gasteiger partial charge in [0, 0.05) is 65.5 Å². The third-order valence-electron chi connectivity index (χ3n) is 5.16. The van der Waals surface area contributed by atoms with Crippen LogP contribution in [0.15, 0.2) is 73.2 Å². The molecule has 0 bridgehead atoms. The average Bonchev–Trinajstić information content (AvgIpc) is 3.19. The molecule has 2 aromatic carbocycles. The number of carbonyl (C=O) groups is 1. The molecule has 0 aliphatic rings. The molecular formula is C23H19ClN4O3. The second-order valence-corrected chi connectivity index (χ2v) is 7.61. The van der Waals surface area contributed by atoms with Crippen LogP contribution in [-0.2, 0) is 11.3 Å². The fourth-order valence-electron chi connectivity index (χ4n) is 3.62. The van der Waals surface area contributed by atoms with E-state index in [0.29, 0.717) is 17.0 Å². The highest BCUT2D eigenvalue weighted by molar-refractivity contribution is 6.30. The molecule has 7 nitrogen and oxygen atoms in total. The van der Waals surface area contributed by atoms with Crippen molar-refractivity contribution in [3.8, 4) is 0 Å². The molecule has 8 heteroatoms. The number of fused-ring (bicyclic) bond motifs is 1. The number of nitrogens with one attached hydrogen (secondary N) is 2. The van der Waals surface area contributed by atoms with Crippen molar-refractivity contribution in [1.29, 1.82) is 0 Å². The van der Waals surface area contributed by atoms with Crippen molar-refractivity contribution in [2.45, 2.75) is 18.9 Å². The zero-order valence-electron chi connectivity index (χ0n) is 16.4. The molecule has 31 heavy (non-hydrogen) atoms. The van der Waals surface area contributed by atoms with Crippen LogP contribution in [0.25, 0.3) is 10.9 Å². The van der Waals surface area contributed by atoms with Crippen molar-refractivity contribution in [3.05, 3.63) is 105 Å². The van der Waals surface area contributed by atoms with Crippen LogP contribution in [0.4, 0.5) is 5.69 Å². The van der Waals surface area contributed by atoms with Crippen LogP contribution in [0.5, 0.6) is 0 Å². The number of amides is 1. The predicted molar refractivity (Wildman–Crippen MR) is 119 cm³/mol. The molecule has 0 unspecified atom stereocenters. The topological polar surface area (TPSA) is 101 Å². The van der Waals surface area contributed by atoms with Crippen LogP contribution < -0.4 is 5.32 Å². The van der Waals surface area contributed by atoms with Crippen LogP contribution in [0, 0.1) is 10.1 Å². The van der Waals surface area contributed by atoms with Crippen molar-refractivity contribution in [3.63, 3.8) is 0 Å². The van der Waals surface area contributed by atoms with Crippen molar-refractivity contribution in [2.75, 3.05) is 0 Å². The van der Waals surface area contributed by atoms with Gasteiger partial charge in [0.1, 0.15) is 0 Å². The molecule has 1 atom stereocenters. The third kappa shape index (κ3) is 4.73.